The van der Waals surface area contributed by atoms with E-state index in [0.717, 1.165) is 18.4 Å². The van der Waals surface area contributed by atoms with Gasteiger partial charge in [0, 0.05) is 12.2 Å². The van der Waals surface area contributed by atoms with Crippen molar-refractivity contribution < 1.29 is 4.39 Å². The Morgan fingerprint density at radius 2 is 2.00 bits per heavy atom. The van der Waals surface area contributed by atoms with Crippen molar-refractivity contribution in [2.24, 2.45) is 5.92 Å². The van der Waals surface area contributed by atoms with Crippen LogP contribution in [0.4, 0.5) is 4.39 Å². The lowest BCUT2D eigenvalue weighted by Crippen LogP contribution is -2.24. The highest BCUT2D eigenvalue weighted by molar-refractivity contribution is 5.15. The van der Waals surface area contributed by atoms with Gasteiger partial charge in [0.2, 0.25) is 0 Å². The highest BCUT2D eigenvalue weighted by Gasteiger charge is 2.19. The topological polar surface area (TPSA) is 24.9 Å². The molecule has 1 unspecified atom stereocenters. The molecule has 1 aromatic heterocycles. The molecule has 0 aliphatic rings. The molecule has 1 aromatic rings. The second-order valence-corrected chi connectivity index (χ2v) is 3.78. The van der Waals surface area contributed by atoms with E-state index in [1.807, 2.05) is 7.05 Å². The minimum absolute atomic E-state index is 0.197. The van der Waals surface area contributed by atoms with Crippen LogP contribution in [-0.2, 0) is 0 Å². The molecule has 2 nitrogen and oxygen atoms in total. The zero-order valence-electron chi connectivity index (χ0n) is 9.63. The first-order chi connectivity index (χ1) is 7.22. The summed E-state index contributed by atoms with van der Waals surface area (Å²) in [7, 11) is 1.91. The zero-order chi connectivity index (χ0) is 11.3. The van der Waals surface area contributed by atoms with E-state index >= 15 is 0 Å². The summed E-state index contributed by atoms with van der Waals surface area (Å²) in [4.78, 5) is 3.89. The Kier molecular flexibility index (Phi) is 4.69. The standard InChI is InChI=1S/C12H19FN2/c1-4-9(5-2)12(14-3)10-6-11(13)8-15-7-10/h6-9,12,14H,4-5H2,1-3H3. The quantitative estimate of drug-likeness (QED) is 0.808. The number of hydrogen-bond acceptors (Lipinski definition) is 2. The lowest BCUT2D eigenvalue weighted by atomic mass is 9.90. The van der Waals surface area contributed by atoms with Gasteiger partial charge in [0.25, 0.3) is 0 Å². The van der Waals surface area contributed by atoms with E-state index in [9.17, 15) is 4.39 Å². The first-order valence-electron chi connectivity index (χ1n) is 5.50. The van der Waals surface area contributed by atoms with Crippen LogP contribution in [0.1, 0.15) is 38.3 Å². The average molecular weight is 210 g/mol. The summed E-state index contributed by atoms with van der Waals surface area (Å²) in [5.74, 6) is 0.261. The summed E-state index contributed by atoms with van der Waals surface area (Å²) in [6.07, 6.45) is 5.14. The molecule has 15 heavy (non-hydrogen) atoms. The Morgan fingerprint density at radius 1 is 1.33 bits per heavy atom. The van der Waals surface area contributed by atoms with Gasteiger partial charge in [0.05, 0.1) is 6.20 Å². The normalized spacial score (nSPS) is 13.1. The molecular formula is C12H19FN2. The first-order valence-corrected chi connectivity index (χ1v) is 5.50. The van der Waals surface area contributed by atoms with Crippen LogP contribution in [0.2, 0.25) is 0 Å². The SMILES string of the molecule is CCC(CC)C(NC)c1cncc(F)c1. The predicted octanol–water partition coefficient (Wildman–Crippen LogP) is 2.92. The Bertz CT molecular complexity index is 297. The molecule has 3 heteroatoms. The van der Waals surface area contributed by atoms with Crippen molar-refractivity contribution in [3.63, 3.8) is 0 Å². The Labute approximate surface area is 90.9 Å². The van der Waals surface area contributed by atoms with E-state index in [1.165, 1.54) is 6.20 Å². The van der Waals surface area contributed by atoms with Crippen LogP contribution < -0.4 is 5.32 Å². The smallest absolute Gasteiger partial charge is 0.141 e. The minimum atomic E-state index is -0.265. The van der Waals surface area contributed by atoms with Gasteiger partial charge in [-0.25, -0.2) is 4.39 Å². The van der Waals surface area contributed by atoms with Crippen molar-refractivity contribution in [3.05, 3.63) is 29.8 Å². The van der Waals surface area contributed by atoms with Crippen LogP contribution >= 0.6 is 0 Å². The molecule has 1 atom stereocenters. The van der Waals surface area contributed by atoms with Crippen molar-refractivity contribution in [2.75, 3.05) is 7.05 Å². The van der Waals surface area contributed by atoms with Gasteiger partial charge in [0.15, 0.2) is 0 Å². The van der Waals surface area contributed by atoms with Crippen molar-refractivity contribution >= 4 is 0 Å². The molecule has 0 saturated heterocycles. The molecule has 1 N–H and O–H groups in total. The van der Waals surface area contributed by atoms with Gasteiger partial charge in [-0.1, -0.05) is 26.7 Å². The molecule has 0 bridgehead atoms. The fourth-order valence-electron chi connectivity index (χ4n) is 2.03. The van der Waals surface area contributed by atoms with Gasteiger partial charge in [-0.2, -0.15) is 0 Å². The van der Waals surface area contributed by atoms with Crippen LogP contribution in [0, 0.1) is 11.7 Å². The molecule has 84 valence electrons. The largest absolute Gasteiger partial charge is 0.313 e. The maximum Gasteiger partial charge on any atom is 0.141 e. The second-order valence-electron chi connectivity index (χ2n) is 3.78. The maximum absolute atomic E-state index is 13.0. The van der Waals surface area contributed by atoms with Crippen molar-refractivity contribution in [1.29, 1.82) is 0 Å². The Morgan fingerprint density at radius 3 is 2.47 bits per heavy atom. The molecule has 0 fully saturated rings. The van der Waals surface area contributed by atoms with Gasteiger partial charge in [-0.3, -0.25) is 4.98 Å². The predicted molar refractivity (Wildman–Crippen MR) is 60.1 cm³/mol. The van der Waals surface area contributed by atoms with Crippen LogP contribution in [0.5, 0.6) is 0 Å². The molecule has 0 amide bonds. The molecular weight excluding hydrogens is 191 g/mol. The summed E-state index contributed by atoms with van der Waals surface area (Å²) in [5.41, 5.74) is 0.936. The van der Waals surface area contributed by atoms with E-state index in [1.54, 1.807) is 12.3 Å². The number of nitrogens with zero attached hydrogens (tertiary/aromatic N) is 1. The first kappa shape index (κ1) is 12.1. The van der Waals surface area contributed by atoms with Crippen LogP contribution in [-0.4, -0.2) is 12.0 Å². The fourth-order valence-corrected chi connectivity index (χ4v) is 2.03. The highest BCUT2D eigenvalue weighted by atomic mass is 19.1. The van der Waals surface area contributed by atoms with Gasteiger partial charge >= 0.3 is 0 Å². The molecule has 1 rings (SSSR count). The number of nitrogens with one attached hydrogen (secondary N) is 1. The number of hydrogen-bond donors (Lipinski definition) is 1. The van der Waals surface area contributed by atoms with Crippen molar-refractivity contribution in [1.82, 2.24) is 10.3 Å². The Balaban J connectivity index is 2.90. The maximum atomic E-state index is 13.0. The van der Waals surface area contributed by atoms with Gasteiger partial charge in [0.1, 0.15) is 5.82 Å². The third kappa shape index (κ3) is 2.99. The molecule has 0 aliphatic heterocycles. The zero-order valence-corrected chi connectivity index (χ0v) is 9.63. The average Bonchev–Trinajstić information content (AvgIpc) is 2.25. The minimum Gasteiger partial charge on any atom is -0.313 e. The number of aromatic nitrogens is 1. The molecule has 0 aromatic carbocycles. The van der Waals surface area contributed by atoms with E-state index in [0.29, 0.717) is 5.92 Å². The summed E-state index contributed by atoms with van der Waals surface area (Å²) >= 11 is 0. The van der Waals surface area contributed by atoms with Gasteiger partial charge in [-0.05, 0) is 24.6 Å². The highest BCUT2D eigenvalue weighted by Crippen LogP contribution is 2.26. The van der Waals surface area contributed by atoms with Crippen molar-refractivity contribution in [3.8, 4) is 0 Å². The summed E-state index contributed by atoms with van der Waals surface area (Å²) in [5, 5.41) is 3.24. The number of pyridine rings is 1. The third-order valence-corrected chi connectivity index (χ3v) is 2.92. The van der Waals surface area contributed by atoms with Gasteiger partial charge < -0.3 is 5.32 Å². The van der Waals surface area contributed by atoms with E-state index in [-0.39, 0.29) is 11.9 Å². The summed E-state index contributed by atoms with van der Waals surface area (Å²) in [6, 6.07) is 1.76. The van der Waals surface area contributed by atoms with Gasteiger partial charge in [-0.15, -0.1) is 0 Å². The Hall–Kier alpha value is -0.960. The third-order valence-electron chi connectivity index (χ3n) is 2.92. The summed E-state index contributed by atoms with van der Waals surface area (Å²) < 4.78 is 13.0. The lowest BCUT2D eigenvalue weighted by Gasteiger charge is -2.24. The van der Waals surface area contributed by atoms with Crippen LogP contribution in [0.25, 0.3) is 0 Å². The molecule has 0 aliphatic carbocycles. The monoisotopic (exact) mass is 210 g/mol. The second kappa shape index (κ2) is 5.81. The van der Waals surface area contributed by atoms with Crippen molar-refractivity contribution in [2.45, 2.75) is 32.7 Å². The molecule has 0 spiro atoms. The fraction of sp³-hybridized carbons (Fsp3) is 0.583. The molecule has 1 heterocycles. The molecule has 0 saturated carbocycles. The number of rotatable bonds is 5. The number of halogens is 1. The van der Waals surface area contributed by atoms with E-state index in [4.69, 9.17) is 0 Å². The van der Waals surface area contributed by atoms with Crippen LogP contribution in [0.3, 0.4) is 0 Å². The summed E-state index contributed by atoms with van der Waals surface area (Å²) in [6.45, 7) is 4.32. The van der Waals surface area contributed by atoms with E-state index < -0.39 is 0 Å². The lowest BCUT2D eigenvalue weighted by molar-refractivity contribution is 0.358. The van der Waals surface area contributed by atoms with Crippen LogP contribution in [0.15, 0.2) is 18.5 Å². The van der Waals surface area contributed by atoms with E-state index in [2.05, 4.69) is 24.1 Å². The molecule has 0 radical (unpaired) electrons.